The molecular formula is C20H20F3N5O. The van der Waals surface area contributed by atoms with Crippen LogP contribution in [0.25, 0.3) is 0 Å². The molecule has 1 aromatic carbocycles. The number of carbonyl (C=O) groups is 1. The predicted octanol–water partition coefficient (Wildman–Crippen LogP) is 3.67. The minimum Gasteiger partial charge on any atom is -0.356 e. The second kappa shape index (κ2) is 7.81. The molecule has 1 fully saturated rings. The van der Waals surface area contributed by atoms with Gasteiger partial charge in [0.25, 0.3) is 0 Å². The Balaban J connectivity index is 1.41. The maximum absolute atomic E-state index is 13.0. The summed E-state index contributed by atoms with van der Waals surface area (Å²) in [5.74, 6) is -1.16. The van der Waals surface area contributed by atoms with Crippen molar-refractivity contribution in [2.45, 2.75) is 31.5 Å². The fourth-order valence-corrected chi connectivity index (χ4v) is 3.78. The smallest absolute Gasteiger partial charge is 0.356 e. The Labute approximate surface area is 166 Å². The van der Waals surface area contributed by atoms with E-state index in [1.807, 2.05) is 30.3 Å². The van der Waals surface area contributed by atoms with E-state index in [-0.39, 0.29) is 23.7 Å². The molecule has 3 heterocycles. The number of anilines is 1. The Bertz CT molecular complexity index is 894. The van der Waals surface area contributed by atoms with Crippen molar-refractivity contribution in [1.82, 2.24) is 15.0 Å². The molecule has 0 saturated carbocycles. The van der Waals surface area contributed by atoms with Crippen molar-refractivity contribution in [2.75, 3.05) is 18.0 Å². The van der Waals surface area contributed by atoms with Gasteiger partial charge in [-0.15, -0.1) is 0 Å². The second-order valence-electron chi connectivity index (χ2n) is 7.14. The van der Waals surface area contributed by atoms with Gasteiger partial charge in [0.2, 0.25) is 11.7 Å². The van der Waals surface area contributed by atoms with Crippen LogP contribution in [0.4, 0.5) is 19.0 Å². The molecule has 9 heteroatoms. The van der Waals surface area contributed by atoms with E-state index >= 15 is 0 Å². The van der Waals surface area contributed by atoms with E-state index in [0.717, 1.165) is 11.8 Å². The number of hydrogen-bond donors (Lipinski definition) is 0. The zero-order valence-corrected chi connectivity index (χ0v) is 15.6. The number of hydrazone groups is 1. The highest BCUT2D eigenvalue weighted by Gasteiger charge is 2.37. The molecule has 0 N–H and O–H groups in total. The summed E-state index contributed by atoms with van der Waals surface area (Å²) in [6.07, 6.45) is 0.0474. The number of benzene rings is 1. The van der Waals surface area contributed by atoms with Crippen molar-refractivity contribution in [2.24, 2.45) is 11.0 Å². The largest absolute Gasteiger partial charge is 0.451 e. The average Bonchev–Trinajstić information content (AvgIpc) is 3.23. The summed E-state index contributed by atoms with van der Waals surface area (Å²) in [6.45, 7) is 0.913. The molecule has 1 amide bonds. The van der Waals surface area contributed by atoms with Crippen LogP contribution in [0.1, 0.15) is 36.7 Å². The molecule has 1 aromatic heterocycles. The highest BCUT2D eigenvalue weighted by atomic mass is 19.4. The van der Waals surface area contributed by atoms with Gasteiger partial charge in [-0.1, -0.05) is 30.3 Å². The number of hydrogen-bond acceptors (Lipinski definition) is 5. The first-order valence-electron chi connectivity index (χ1n) is 9.49. The lowest BCUT2D eigenvalue weighted by Crippen LogP contribution is -2.41. The zero-order valence-electron chi connectivity index (χ0n) is 15.6. The van der Waals surface area contributed by atoms with Crippen LogP contribution in [0.2, 0.25) is 0 Å². The van der Waals surface area contributed by atoms with E-state index in [9.17, 15) is 18.0 Å². The van der Waals surface area contributed by atoms with Crippen LogP contribution in [0, 0.1) is 5.92 Å². The van der Waals surface area contributed by atoms with Gasteiger partial charge >= 0.3 is 6.18 Å². The molecule has 0 bridgehead atoms. The van der Waals surface area contributed by atoms with Gasteiger partial charge < -0.3 is 4.90 Å². The Morgan fingerprint density at radius 2 is 1.79 bits per heavy atom. The SMILES string of the molecule is O=C(C1CCN(c2ccnc(C(F)(F)F)n2)CC1)N1N=CC[C@H]1c1ccccc1. The summed E-state index contributed by atoms with van der Waals surface area (Å²) in [5, 5.41) is 5.84. The van der Waals surface area contributed by atoms with Gasteiger partial charge in [-0.05, 0) is 24.5 Å². The zero-order chi connectivity index (χ0) is 20.4. The minimum absolute atomic E-state index is 0.0362. The lowest BCUT2D eigenvalue weighted by atomic mass is 9.94. The molecule has 1 atom stereocenters. The molecule has 29 heavy (non-hydrogen) atoms. The van der Waals surface area contributed by atoms with Crippen LogP contribution in [-0.2, 0) is 11.0 Å². The van der Waals surface area contributed by atoms with Crippen LogP contribution in [0.5, 0.6) is 0 Å². The molecular weight excluding hydrogens is 383 g/mol. The lowest BCUT2D eigenvalue weighted by Gasteiger charge is -2.34. The number of amides is 1. The van der Waals surface area contributed by atoms with E-state index < -0.39 is 12.0 Å². The molecule has 1 saturated heterocycles. The Hall–Kier alpha value is -2.97. The number of carbonyl (C=O) groups excluding carboxylic acids is 1. The molecule has 6 nitrogen and oxygen atoms in total. The first kappa shape index (κ1) is 19.4. The second-order valence-corrected chi connectivity index (χ2v) is 7.14. The summed E-state index contributed by atoms with van der Waals surface area (Å²) in [7, 11) is 0. The fraction of sp³-hybridized carbons (Fsp3) is 0.400. The monoisotopic (exact) mass is 403 g/mol. The quantitative estimate of drug-likeness (QED) is 0.785. The average molecular weight is 403 g/mol. The van der Waals surface area contributed by atoms with E-state index in [1.165, 1.54) is 6.07 Å². The first-order valence-corrected chi connectivity index (χ1v) is 9.49. The number of alkyl halides is 3. The van der Waals surface area contributed by atoms with Crippen molar-refractivity contribution in [3.8, 4) is 0 Å². The highest BCUT2D eigenvalue weighted by Crippen LogP contribution is 2.33. The molecule has 0 unspecified atom stereocenters. The predicted molar refractivity (Wildman–Crippen MR) is 101 cm³/mol. The summed E-state index contributed by atoms with van der Waals surface area (Å²) in [5.41, 5.74) is 1.04. The maximum Gasteiger partial charge on any atom is 0.451 e. The van der Waals surface area contributed by atoms with Gasteiger partial charge in [0, 0.05) is 37.8 Å². The molecule has 152 valence electrons. The number of piperidine rings is 1. The van der Waals surface area contributed by atoms with E-state index in [2.05, 4.69) is 15.1 Å². The van der Waals surface area contributed by atoms with Crippen LogP contribution in [-0.4, -0.2) is 40.2 Å². The molecule has 0 aliphatic carbocycles. The van der Waals surface area contributed by atoms with Crippen molar-refractivity contribution in [3.63, 3.8) is 0 Å². The highest BCUT2D eigenvalue weighted by molar-refractivity contribution is 5.82. The Morgan fingerprint density at radius 3 is 2.48 bits per heavy atom. The van der Waals surface area contributed by atoms with Crippen molar-refractivity contribution in [1.29, 1.82) is 0 Å². The van der Waals surface area contributed by atoms with Gasteiger partial charge in [0.15, 0.2) is 0 Å². The summed E-state index contributed by atoms with van der Waals surface area (Å²) >= 11 is 0. The fourth-order valence-electron chi connectivity index (χ4n) is 3.78. The normalized spacial score (nSPS) is 20.3. The third-order valence-electron chi connectivity index (χ3n) is 5.30. The number of nitrogens with zero attached hydrogens (tertiary/aromatic N) is 5. The van der Waals surface area contributed by atoms with Crippen LogP contribution in [0.15, 0.2) is 47.7 Å². The standard InChI is InChI=1S/C20H20F3N5O/c21-20(22,23)19-24-10-7-17(26-19)27-12-8-15(9-13-27)18(29)28-16(6-11-25-28)14-4-2-1-3-5-14/h1-5,7,10-11,15-16H,6,8-9,12-13H2/t16-/m0/s1. The summed E-state index contributed by atoms with van der Waals surface area (Å²) in [6, 6.07) is 11.1. The van der Waals surface area contributed by atoms with Crippen LogP contribution in [0.3, 0.4) is 0 Å². The summed E-state index contributed by atoms with van der Waals surface area (Å²) < 4.78 is 38.5. The van der Waals surface area contributed by atoms with E-state index in [0.29, 0.717) is 32.4 Å². The van der Waals surface area contributed by atoms with Crippen molar-refractivity contribution >= 4 is 17.9 Å². The molecule has 4 rings (SSSR count). The third kappa shape index (κ3) is 4.08. The van der Waals surface area contributed by atoms with Gasteiger partial charge in [-0.2, -0.15) is 18.3 Å². The van der Waals surface area contributed by atoms with Crippen LogP contribution >= 0.6 is 0 Å². The number of aromatic nitrogens is 2. The van der Waals surface area contributed by atoms with Gasteiger partial charge in [-0.3, -0.25) is 4.79 Å². The Kier molecular flexibility index (Phi) is 5.21. The van der Waals surface area contributed by atoms with Gasteiger partial charge in [-0.25, -0.2) is 15.0 Å². The van der Waals surface area contributed by atoms with Gasteiger partial charge in [0.05, 0.1) is 6.04 Å². The minimum atomic E-state index is -4.58. The van der Waals surface area contributed by atoms with Crippen molar-refractivity contribution < 1.29 is 18.0 Å². The van der Waals surface area contributed by atoms with E-state index in [4.69, 9.17) is 0 Å². The maximum atomic E-state index is 13.0. The number of halogens is 3. The first-order chi connectivity index (χ1) is 13.9. The number of rotatable bonds is 3. The van der Waals surface area contributed by atoms with Crippen LogP contribution < -0.4 is 4.90 Å². The van der Waals surface area contributed by atoms with Crippen molar-refractivity contribution in [3.05, 3.63) is 54.0 Å². The Morgan fingerprint density at radius 1 is 1.07 bits per heavy atom. The molecule has 2 aliphatic heterocycles. The topological polar surface area (TPSA) is 61.7 Å². The molecule has 2 aliphatic rings. The molecule has 0 radical (unpaired) electrons. The third-order valence-corrected chi connectivity index (χ3v) is 5.30. The van der Waals surface area contributed by atoms with E-state index in [1.54, 1.807) is 16.1 Å². The molecule has 0 spiro atoms. The molecule has 2 aromatic rings. The van der Waals surface area contributed by atoms with Gasteiger partial charge in [0.1, 0.15) is 5.82 Å². The summed E-state index contributed by atoms with van der Waals surface area (Å²) in [4.78, 5) is 21.7. The lowest BCUT2D eigenvalue weighted by molar-refractivity contribution is -0.144.